The van der Waals surface area contributed by atoms with Gasteiger partial charge in [-0.2, -0.15) is 0 Å². The second kappa shape index (κ2) is 8.58. The Kier molecular flexibility index (Phi) is 5.53. The topological polar surface area (TPSA) is 103 Å². The number of carbonyl (C=O) groups is 1. The maximum atomic E-state index is 14.2. The minimum atomic E-state index is -0.548. The van der Waals surface area contributed by atoms with E-state index >= 15 is 0 Å². The van der Waals surface area contributed by atoms with E-state index in [1.807, 2.05) is 6.07 Å². The maximum Gasteiger partial charge on any atom is 0.276 e. The van der Waals surface area contributed by atoms with Crippen molar-refractivity contribution >= 4 is 17.3 Å². The molecule has 1 amide bonds. The zero-order valence-corrected chi connectivity index (χ0v) is 16.5. The Morgan fingerprint density at radius 2 is 1.81 bits per heavy atom. The molecule has 0 fully saturated rings. The second-order valence-corrected chi connectivity index (χ2v) is 6.55. The number of nitrogens with zero attached hydrogens (tertiary/aromatic N) is 3. The van der Waals surface area contributed by atoms with Crippen LogP contribution in [0.2, 0.25) is 0 Å². The molecule has 0 aliphatic rings. The molecule has 0 bridgehead atoms. The SMILES string of the molecule is COc1ncccc1-c1ccncc1NC(=O)c1nc(-c2ccccc2F)ccc1N. The average molecular weight is 415 g/mol. The number of nitrogens with one attached hydrogen (secondary N) is 1. The van der Waals surface area contributed by atoms with Gasteiger partial charge in [0, 0.05) is 29.1 Å². The molecule has 0 atom stereocenters. The lowest BCUT2D eigenvalue weighted by Crippen LogP contribution is -2.17. The number of amides is 1. The summed E-state index contributed by atoms with van der Waals surface area (Å²) in [5, 5.41) is 2.79. The minimum Gasteiger partial charge on any atom is -0.481 e. The first kappa shape index (κ1) is 20.0. The zero-order valence-electron chi connectivity index (χ0n) is 16.5. The number of hydrogen-bond donors (Lipinski definition) is 2. The molecule has 0 saturated carbocycles. The first-order valence-corrected chi connectivity index (χ1v) is 9.34. The Bertz CT molecular complexity index is 1260. The van der Waals surface area contributed by atoms with Crippen LogP contribution in [0.1, 0.15) is 10.5 Å². The van der Waals surface area contributed by atoms with Gasteiger partial charge in [-0.15, -0.1) is 0 Å². The predicted octanol–water partition coefficient (Wildman–Crippen LogP) is 4.19. The summed E-state index contributed by atoms with van der Waals surface area (Å²) < 4.78 is 19.5. The molecule has 1 aromatic carbocycles. The van der Waals surface area contributed by atoms with E-state index in [4.69, 9.17) is 10.5 Å². The van der Waals surface area contributed by atoms with Crippen LogP contribution in [0.15, 0.2) is 73.2 Å². The van der Waals surface area contributed by atoms with Crippen LogP contribution in [0, 0.1) is 5.82 Å². The van der Waals surface area contributed by atoms with Gasteiger partial charge in [-0.1, -0.05) is 12.1 Å². The molecule has 0 aliphatic carbocycles. The fourth-order valence-electron chi connectivity index (χ4n) is 3.14. The van der Waals surface area contributed by atoms with Crippen LogP contribution < -0.4 is 15.8 Å². The third-order valence-corrected chi connectivity index (χ3v) is 4.62. The maximum absolute atomic E-state index is 14.2. The van der Waals surface area contributed by atoms with Crippen molar-refractivity contribution < 1.29 is 13.9 Å². The van der Waals surface area contributed by atoms with Gasteiger partial charge in [0.1, 0.15) is 5.82 Å². The van der Waals surface area contributed by atoms with E-state index in [-0.39, 0.29) is 16.9 Å². The van der Waals surface area contributed by atoms with Gasteiger partial charge in [-0.3, -0.25) is 9.78 Å². The van der Waals surface area contributed by atoms with Crippen molar-refractivity contribution in [1.82, 2.24) is 15.0 Å². The Balaban J connectivity index is 1.70. The standard InChI is InChI=1S/C23H18FN5O2/c1-31-23-15(6-4-11-27-23)14-10-12-26-13-20(14)29-22(30)21-18(25)8-9-19(28-21)16-5-2-3-7-17(16)24/h2-13H,25H2,1H3,(H,29,30). The van der Waals surface area contributed by atoms with Crippen LogP contribution in [0.4, 0.5) is 15.8 Å². The molecular formula is C23H18FN5O2. The second-order valence-electron chi connectivity index (χ2n) is 6.55. The van der Waals surface area contributed by atoms with Crippen molar-refractivity contribution in [3.05, 3.63) is 84.7 Å². The molecule has 31 heavy (non-hydrogen) atoms. The summed E-state index contributed by atoms with van der Waals surface area (Å²) >= 11 is 0. The molecule has 8 heteroatoms. The van der Waals surface area contributed by atoms with E-state index in [0.717, 1.165) is 0 Å². The van der Waals surface area contributed by atoms with E-state index in [1.54, 1.807) is 48.8 Å². The highest BCUT2D eigenvalue weighted by molar-refractivity contribution is 6.08. The van der Waals surface area contributed by atoms with Gasteiger partial charge < -0.3 is 15.8 Å². The lowest BCUT2D eigenvalue weighted by atomic mass is 10.1. The summed E-state index contributed by atoms with van der Waals surface area (Å²) in [4.78, 5) is 25.6. The summed E-state index contributed by atoms with van der Waals surface area (Å²) in [5.41, 5.74) is 8.50. The first-order chi connectivity index (χ1) is 15.1. The Hall–Kier alpha value is -4.33. The number of halogens is 1. The Morgan fingerprint density at radius 3 is 2.61 bits per heavy atom. The molecule has 7 nitrogen and oxygen atoms in total. The van der Waals surface area contributed by atoms with Crippen molar-refractivity contribution in [2.24, 2.45) is 0 Å². The summed E-state index contributed by atoms with van der Waals surface area (Å²) in [7, 11) is 1.52. The molecule has 0 spiro atoms. The number of rotatable bonds is 5. The molecule has 3 N–H and O–H groups in total. The average Bonchev–Trinajstić information content (AvgIpc) is 2.80. The highest BCUT2D eigenvalue weighted by Crippen LogP contribution is 2.33. The molecule has 0 radical (unpaired) electrons. The van der Waals surface area contributed by atoms with E-state index < -0.39 is 11.7 Å². The lowest BCUT2D eigenvalue weighted by Gasteiger charge is -2.13. The molecular weight excluding hydrogens is 397 g/mol. The number of anilines is 2. The summed E-state index contributed by atoms with van der Waals surface area (Å²) in [6, 6.07) is 14.6. The van der Waals surface area contributed by atoms with Crippen LogP contribution in [-0.4, -0.2) is 28.0 Å². The minimum absolute atomic E-state index is 0.0197. The third-order valence-electron chi connectivity index (χ3n) is 4.62. The molecule has 3 aromatic heterocycles. The number of pyridine rings is 3. The smallest absolute Gasteiger partial charge is 0.276 e. The van der Waals surface area contributed by atoms with E-state index in [1.165, 1.54) is 25.4 Å². The van der Waals surface area contributed by atoms with Crippen LogP contribution in [0.25, 0.3) is 22.4 Å². The van der Waals surface area contributed by atoms with Crippen LogP contribution in [0.5, 0.6) is 5.88 Å². The molecule has 0 unspecified atom stereocenters. The van der Waals surface area contributed by atoms with Crippen molar-refractivity contribution in [2.45, 2.75) is 0 Å². The zero-order chi connectivity index (χ0) is 21.8. The molecule has 4 aromatic rings. The van der Waals surface area contributed by atoms with Gasteiger partial charge in [-0.25, -0.2) is 14.4 Å². The summed E-state index contributed by atoms with van der Waals surface area (Å²) in [6.07, 6.45) is 4.72. The molecule has 0 aliphatic heterocycles. The van der Waals surface area contributed by atoms with Crippen LogP contribution in [-0.2, 0) is 0 Å². The largest absolute Gasteiger partial charge is 0.481 e. The van der Waals surface area contributed by atoms with Crippen molar-refractivity contribution in [1.29, 1.82) is 0 Å². The van der Waals surface area contributed by atoms with Crippen LogP contribution in [0.3, 0.4) is 0 Å². The van der Waals surface area contributed by atoms with E-state index in [0.29, 0.717) is 28.4 Å². The quantitative estimate of drug-likeness (QED) is 0.507. The number of carbonyl (C=O) groups excluding carboxylic acids is 1. The predicted molar refractivity (Wildman–Crippen MR) is 116 cm³/mol. The molecule has 3 heterocycles. The lowest BCUT2D eigenvalue weighted by molar-refractivity contribution is 0.102. The van der Waals surface area contributed by atoms with E-state index in [9.17, 15) is 9.18 Å². The number of nitrogens with two attached hydrogens (primary N) is 1. The van der Waals surface area contributed by atoms with Crippen molar-refractivity contribution in [2.75, 3.05) is 18.2 Å². The van der Waals surface area contributed by atoms with Crippen molar-refractivity contribution in [3.8, 4) is 28.3 Å². The number of ether oxygens (including phenoxy) is 1. The number of aromatic nitrogens is 3. The monoisotopic (exact) mass is 415 g/mol. The molecule has 0 saturated heterocycles. The van der Waals surface area contributed by atoms with Gasteiger partial charge in [0.05, 0.1) is 30.4 Å². The highest BCUT2D eigenvalue weighted by Gasteiger charge is 2.18. The Morgan fingerprint density at radius 1 is 1.00 bits per heavy atom. The first-order valence-electron chi connectivity index (χ1n) is 9.34. The normalized spacial score (nSPS) is 10.5. The van der Waals surface area contributed by atoms with Gasteiger partial charge in [0.15, 0.2) is 5.69 Å². The van der Waals surface area contributed by atoms with Gasteiger partial charge >= 0.3 is 0 Å². The van der Waals surface area contributed by atoms with Gasteiger partial charge in [-0.05, 0) is 42.5 Å². The van der Waals surface area contributed by atoms with E-state index in [2.05, 4.69) is 20.3 Å². The highest BCUT2D eigenvalue weighted by atomic mass is 19.1. The fourth-order valence-corrected chi connectivity index (χ4v) is 3.14. The number of nitrogen functional groups attached to an aromatic ring is 1. The van der Waals surface area contributed by atoms with Gasteiger partial charge in [0.2, 0.25) is 5.88 Å². The molecule has 154 valence electrons. The summed E-state index contributed by atoms with van der Waals surface area (Å²) in [6.45, 7) is 0. The third kappa shape index (κ3) is 4.04. The fraction of sp³-hybridized carbons (Fsp3) is 0.0435. The Labute approximate surface area is 177 Å². The summed E-state index contributed by atoms with van der Waals surface area (Å²) in [5.74, 6) is -0.583. The van der Waals surface area contributed by atoms with Gasteiger partial charge in [0.25, 0.3) is 5.91 Å². The number of hydrogen-bond acceptors (Lipinski definition) is 6. The number of benzene rings is 1. The molecule has 4 rings (SSSR count). The van der Waals surface area contributed by atoms with Crippen molar-refractivity contribution in [3.63, 3.8) is 0 Å². The number of methoxy groups -OCH3 is 1. The van der Waals surface area contributed by atoms with Crippen LogP contribution >= 0.6 is 0 Å².